The molecule has 1 aromatic heterocycles. The highest BCUT2D eigenvalue weighted by Crippen LogP contribution is 2.24. The van der Waals surface area contributed by atoms with E-state index in [0.717, 1.165) is 24.8 Å². The molecule has 0 bridgehead atoms. The van der Waals surface area contributed by atoms with E-state index in [1.165, 1.54) is 12.8 Å². The van der Waals surface area contributed by atoms with Crippen molar-refractivity contribution in [2.45, 2.75) is 18.9 Å². The van der Waals surface area contributed by atoms with Crippen LogP contribution in [0.25, 0.3) is 0 Å². The molecule has 1 saturated carbocycles. The predicted octanol–water partition coefficient (Wildman–Crippen LogP) is 1.17. The fourth-order valence-electron chi connectivity index (χ4n) is 1.63. The molecule has 1 aliphatic rings. The summed E-state index contributed by atoms with van der Waals surface area (Å²) in [5, 5.41) is 3.30. The molecule has 0 radical (unpaired) electrons. The Balaban J connectivity index is 1.75. The number of likely N-dealkylation sites (N-methyl/N-ethyl adjacent to an activating group) is 1. The highest BCUT2D eigenvalue weighted by molar-refractivity contribution is 5.60. The van der Waals surface area contributed by atoms with Gasteiger partial charge in [0.05, 0.1) is 5.69 Å². The number of nitrogens with one attached hydrogen (secondary N) is 1. The third-order valence-electron chi connectivity index (χ3n) is 2.79. The summed E-state index contributed by atoms with van der Waals surface area (Å²) in [4.78, 5) is 6.41. The van der Waals surface area contributed by atoms with Crippen LogP contribution in [0, 0.1) is 0 Å². The van der Waals surface area contributed by atoms with Crippen LogP contribution in [0.15, 0.2) is 18.3 Å². The van der Waals surface area contributed by atoms with Crippen LogP contribution in [0.3, 0.4) is 0 Å². The van der Waals surface area contributed by atoms with Crippen LogP contribution in [0.2, 0.25) is 0 Å². The molecule has 0 aromatic carbocycles. The zero-order valence-corrected chi connectivity index (χ0v) is 9.11. The quantitative estimate of drug-likeness (QED) is 0.759. The van der Waals surface area contributed by atoms with Gasteiger partial charge in [-0.3, -0.25) is 0 Å². The highest BCUT2D eigenvalue weighted by Gasteiger charge is 2.25. The molecule has 2 rings (SSSR count). The monoisotopic (exact) mass is 206 g/mol. The molecule has 1 aromatic rings. The summed E-state index contributed by atoms with van der Waals surface area (Å²) in [5.74, 6) is 0.576. The maximum Gasteiger partial charge on any atom is 0.146 e. The number of anilines is 2. The largest absolute Gasteiger partial charge is 0.382 e. The molecule has 1 heterocycles. The molecular formula is C11H18N4. The number of nitrogens with two attached hydrogens (primary N) is 1. The highest BCUT2D eigenvalue weighted by atomic mass is 15.2. The van der Waals surface area contributed by atoms with Gasteiger partial charge in [-0.1, -0.05) is 0 Å². The Morgan fingerprint density at radius 1 is 1.60 bits per heavy atom. The summed E-state index contributed by atoms with van der Waals surface area (Å²) in [6.07, 6.45) is 4.41. The van der Waals surface area contributed by atoms with Gasteiger partial charge in [-0.2, -0.15) is 0 Å². The van der Waals surface area contributed by atoms with Crippen molar-refractivity contribution in [3.05, 3.63) is 18.3 Å². The molecule has 0 aliphatic heterocycles. The van der Waals surface area contributed by atoms with Gasteiger partial charge in [-0.25, -0.2) is 4.98 Å². The smallest absolute Gasteiger partial charge is 0.146 e. The first-order valence-electron chi connectivity index (χ1n) is 5.42. The average molecular weight is 206 g/mol. The summed E-state index contributed by atoms with van der Waals surface area (Å²) in [6.45, 7) is 1.97. The van der Waals surface area contributed by atoms with Gasteiger partial charge in [0, 0.05) is 25.3 Å². The van der Waals surface area contributed by atoms with Gasteiger partial charge in [-0.05, 0) is 32.0 Å². The van der Waals surface area contributed by atoms with Gasteiger partial charge in [0.1, 0.15) is 5.82 Å². The van der Waals surface area contributed by atoms with Crippen LogP contribution >= 0.6 is 0 Å². The van der Waals surface area contributed by atoms with Crippen molar-refractivity contribution < 1.29 is 0 Å². The average Bonchev–Trinajstić information content (AvgIpc) is 3.04. The number of rotatable bonds is 5. The number of aromatic nitrogens is 1. The van der Waals surface area contributed by atoms with Gasteiger partial charge in [0.15, 0.2) is 0 Å². The van der Waals surface area contributed by atoms with Crippen LogP contribution in [-0.4, -0.2) is 36.1 Å². The summed E-state index contributed by atoms with van der Waals surface area (Å²) >= 11 is 0. The van der Waals surface area contributed by atoms with Crippen molar-refractivity contribution in [3.8, 4) is 0 Å². The minimum atomic E-state index is 0.576. The number of nitrogens with zero attached hydrogens (tertiary/aromatic N) is 2. The normalized spacial score (nSPS) is 15.6. The minimum absolute atomic E-state index is 0.576. The number of hydrogen-bond donors (Lipinski definition) is 2. The second kappa shape index (κ2) is 4.49. The zero-order valence-electron chi connectivity index (χ0n) is 9.11. The van der Waals surface area contributed by atoms with E-state index in [0.29, 0.717) is 5.82 Å². The first kappa shape index (κ1) is 10.2. The minimum Gasteiger partial charge on any atom is -0.382 e. The third kappa shape index (κ3) is 2.83. The van der Waals surface area contributed by atoms with Crippen molar-refractivity contribution in [1.29, 1.82) is 0 Å². The standard InChI is InChI=1S/C11H18N4/c1-15(9-4-5-9)8-7-13-10-3-2-6-14-11(10)12/h2-3,6,9,13H,4-5,7-8H2,1H3,(H2,12,14). The van der Waals surface area contributed by atoms with E-state index in [2.05, 4.69) is 22.2 Å². The van der Waals surface area contributed by atoms with E-state index in [1.807, 2.05) is 12.1 Å². The van der Waals surface area contributed by atoms with E-state index in [1.54, 1.807) is 6.20 Å². The van der Waals surface area contributed by atoms with Gasteiger partial charge in [-0.15, -0.1) is 0 Å². The number of nitrogen functional groups attached to an aromatic ring is 1. The lowest BCUT2D eigenvalue weighted by Gasteiger charge is -2.16. The van der Waals surface area contributed by atoms with Gasteiger partial charge in [0.2, 0.25) is 0 Å². The van der Waals surface area contributed by atoms with Gasteiger partial charge < -0.3 is 16.0 Å². The Morgan fingerprint density at radius 3 is 3.07 bits per heavy atom. The first-order valence-corrected chi connectivity index (χ1v) is 5.42. The molecule has 0 atom stereocenters. The summed E-state index contributed by atoms with van der Waals surface area (Å²) < 4.78 is 0. The van der Waals surface area contributed by atoms with Crippen LogP contribution in [0.5, 0.6) is 0 Å². The molecule has 4 nitrogen and oxygen atoms in total. The second-order valence-electron chi connectivity index (χ2n) is 4.07. The van der Waals surface area contributed by atoms with Crippen molar-refractivity contribution in [1.82, 2.24) is 9.88 Å². The molecule has 0 unspecified atom stereocenters. The summed E-state index contributed by atoms with van der Waals surface area (Å²) in [5.41, 5.74) is 6.65. The third-order valence-corrected chi connectivity index (χ3v) is 2.79. The van der Waals surface area contributed by atoms with Crippen molar-refractivity contribution in [2.75, 3.05) is 31.2 Å². The molecule has 0 saturated heterocycles. The molecule has 0 amide bonds. The Labute approximate surface area is 90.5 Å². The molecule has 82 valence electrons. The lowest BCUT2D eigenvalue weighted by molar-refractivity contribution is 0.337. The number of hydrogen-bond acceptors (Lipinski definition) is 4. The molecule has 15 heavy (non-hydrogen) atoms. The molecule has 1 fully saturated rings. The van der Waals surface area contributed by atoms with E-state index in [9.17, 15) is 0 Å². The lowest BCUT2D eigenvalue weighted by atomic mass is 10.4. The maximum atomic E-state index is 5.72. The van der Waals surface area contributed by atoms with Crippen LogP contribution in [0.1, 0.15) is 12.8 Å². The Kier molecular flexibility index (Phi) is 3.06. The first-order chi connectivity index (χ1) is 7.27. The molecule has 0 spiro atoms. The van der Waals surface area contributed by atoms with Crippen molar-refractivity contribution in [2.24, 2.45) is 0 Å². The molecule has 1 aliphatic carbocycles. The topological polar surface area (TPSA) is 54.2 Å². The molecule has 3 N–H and O–H groups in total. The maximum absolute atomic E-state index is 5.72. The van der Waals surface area contributed by atoms with Crippen LogP contribution in [0.4, 0.5) is 11.5 Å². The van der Waals surface area contributed by atoms with Crippen LogP contribution < -0.4 is 11.1 Å². The Bertz CT molecular complexity index is 322. The zero-order chi connectivity index (χ0) is 10.7. The predicted molar refractivity (Wildman–Crippen MR) is 62.8 cm³/mol. The van der Waals surface area contributed by atoms with Gasteiger partial charge >= 0.3 is 0 Å². The Hall–Kier alpha value is -1.29. The SMILES string of the molecule is CN(CCNc1cccnc1N)C1CC1. The molecular weight excluding hydrogens is 188 g/mol. The van der Waals surface area contributed by atoms with Crippen molar-refractivity contribution >= 4 is 11.5 Å². The second-order valence-corrected chi connectivity index (χ2v) is 4.07. The fourth-order valence-corrected chi connectivity index (χ4v) is 1.63. The van der Waals surface area contributed by atoms with Crippen molar-refractivity contribution in [3.63, 3.8) is 0 Å². The lowest BCUT2D eigenvalue weighted by Crippen LogP contribution is -2.27. The van der Waals surface area contributed by atoms with E-state index in [4.69, 9.17) is 5.73 Å². The van der Waals surface area contributed by atoms with E-state index in [-0.39, 0.29) is 0 Å². The number of pyridine rings is 1. The van der Waals surface area contributed by atoms with E-state index >= 15 is 0 Å². The van der Waals surface area contributed by atoms with E-state index < -0.39 is 0 Å². The molecule has 4 heteroatoms. The fraction of sp³-hybridized carbons (Fsp3) is 0.545. The van der Waals surface area contributed by atoms with Gasteiger partial charge in [0.25, 0.3) is 0 Å². The Morgan fingerprint density at radius 2 is 2.40 bits per heavy atom. The summed E-state index contributed by atoms with van der Waals surface area (Å²) in [7, 11) is 2.17. The summed E-state index contributed by atoms with van der Waals surface area (Å²) in [6, 6.07) is 4.67. The van der Waals surface area contributed by atoms with Crippen LogP contribution in [-0.2, 0) is 0 Å².